The van der Waals surface area contributed by atoms with Crippen LogP contribution in [0, 0.1) is 6.92 Å². The maximum atomic E-state index is 12.3. The van der Waals surface area contributed by atoms with Gasteiger partial charge in [-0.05, 0) is 24.6 Å². The Hall–Kier alpha value is -3.17. The number of carbonyl (C=O) groups is 2. The van der Waals surface area contributed by atoms with E-state index in [0.29, 0.717) is 16.7 Å². The van der Waals surface area contributed by atoms with E-state index in [-0.39, 0.29) is 17.6 Å². The molecule has 0 saturated heterocycles. The van der Waals surface area contributed by atoms with Gasteiger partial charge >= 0.3 is 0 Å². The number of nitrogens with one attached hydrogen (secondary N) is 2. The normalized spacial score (nSPS) is 11.9. The number of aromatic nitrogens is 2. The first-order chi connectivity index (χ1) is 15.0. The summed E-state index contributed by atoms with van der Waals surface area (Å²) in [6, 6.07) is 15.8. The predicted molar refractivity (Wildman–Crippen MR) is 125 cm³/mol. The van der Waals surface area contributed by atoms with Crippen LogP contribution >= 0.6 is 23.1 Å². The van der Waals surface area contributed by atoms with Crippen LogP contribution in [0.3, 0.4) is 0 Å². The zero-order valence-electron chi connectivity index (χ0n) is 16.9. The second kappa shape index (κ2) is 9.32. The Balaban J connectivity index is 1.33. The summed E-state index contributed by atoms with van der Waals surface area (Å²) in [6.07, 6.45) is 0. The van der Waals surface area contributed by atoms with Crippen molar-refractivity contribution in [2.45, 2.75) is 19.1 Å². The van der Waals surface area contributed by atoms with Crippen molar-refractivity contribution in [3.05, 3.63) is 59.7 Å². The maximum absolute atomic E-state index is 12.3. The van der Waals surface area contributed by atoms with Crippen molar-refractivity contribution >= 4 is 56.6 Å². The average Bonchev–Trinajstić information content (AvgIpc) is 3.40. The van der Waals surface area contributed by atoms with Crippen molar-refractivity contribution in [1.82, 2.24) is 10.1 Å². The topological polar surface area (TPSA) is 97.1 Å². The number of thioether (sulfide) groups is 1. The molecule has 0 aliphatic rings. The van der Waals surface area contributed by atoms with Crippen LogP contribution in [-0.2, 0) is 9.59 Å². The quantitative estimate of drug-likeness (QED) is 0.411. The molecule has 4 rings (SSSR count). The number of hydrogen-bond donors (Lipinski definition) is 2. The van der Waals surface area contributed by atoms with Crippen LogP contribution in [0.2, 0.25) is 0 Å². The largest absolute Gasteiger partial charge is 0.360 e. The molecule has 2 aromatic carbocycles. The van der Waals surface area contributed by atoms with Crippen LogP contribution < -0.4 is 10.6 Å². The molecular formula is C22H20N4O3S2. The second-order valence-electron chi connectivity index (χ2n) is 6.88. The van der Waals surface area contributed by atoms with Gasteiger partial charge in [-0.1, -0.05) is 47.6 Å². The standard InChI is InChI=1S/C22H20N4O3S2/c1-13-10-19(26-29-13)24-21(28)14(2)30-12-20(27)25-22-23-18(11-31-22)17-9-5-7-15-6-3-4-8-16(15)17/h3-11,14H,12H2,1-2H3,(H,23,25,27)(H,24,26,28). The van der Waals surface area contributed by atoms with Crippen molar-refractivity contribution in [2.75, 3.05) is 16.4 Å². The molecule has 0 fully saturated rings. The zero-order valence-corrected chi connectivity index (χ0v) is 18.5. The molecule has 2 heterocycles. The number of carbonyl (C=O) groups excluding carboxylic acids is 2. The third-order valence-corrected chi connectivity index (χ3v) is 6.43. The van der Waals surface area contributed by atoms with Crippen LogP contribution in [0.4, 0.5) is 10.9 Å². The Morgan fingerprint density at radius 1 is 1.16 bits per heavy atom. The Morgan fingerprint density at radius 2 is 1.97 bits per heavy atom. The molecule has 0 aliphatic carbocycles. The molecule has 7 nitrogen and oxygen atoms in total. The number of nitrogens with zero attached hydrogens (tertiary/aromatic N) is 2. The maximum Gasteiger partial charge on any atom is 0.238 e. The smallest absolute Gasteiger partial charge is 0.238 e. The number of anilines is 2. The van der Waals surface area contributed by atoms with E-state index in [1.54, 1.807) is 19.9 Å². The number of hydrogen-bond acceptors (Lipinski definition) is 7. The summed E-state index contributed by atoms with van der Waals surface area (Å²) in [5.74, 6) is 0.666. The molecular weight excluding hydrogens is 432 g/mol. The summed E-state index contributed by atoms with van der Waals surface area (Å²) in [7, 11) is 0. The fourth-order valence-corrected chi connectivity index (χ4v) is 4.40. The van der Waals surface area contributed by atoms with Gasteiger partial charge in [0, 0.05) is 17.0 Å². The van der Waals surface area contributed by atoms with Crippen LogP contribution in [-0.4, -0.2) is 33.0 Å². The van der Waals surface area contributed by atoms with Gasteiger partial charge in [0.25, 0.3) is 0 Å². The lowest BCUT2D eigenvalue weighted by Gasteiger charge is -2.09. The lowest BCUT2D eigenvalue weighted by atomic mass is 10.0. The molecule has 158 valence electrons. The average molecular weight is 453 g/mol. The van der Waals surface area contributed by atoms with Crippen LogP contribution in [0.5, 0.6) is 0 Å². The molecule has 2 amide bonds. The minimum Gasteiger partial charge on any atom is -0.360 e. The molecule has 9 heteroatoms. The van der Waals surface area contributed by atoms with E-state index in [4.69, 9.17) is 4.52 Å². The van der Waals surface area contributed by atoms with E-state index in [1.165, 1.54) is 23.1 Å². The fraction of sp³-hybridized carbons (Fsp3) is 0.182. The van der Waals surface area contributed by atoms with Crippen LogP contribution in [0.1, 0.15) is 12.7 Å². The number of aryl methyl sites for hydroxylation is 1. The number of rotatable bonds is 7. The molecule has 31 heavy (non-hydrogen) atoms. The molecule has 1 atom stereocenters. The molecule has 0 spiro atoms. The van der Waals surface area contributed by atoms with Gasteiger partial charge in [-0.3, -0.25) is 9.59 Å². The van der Waals surface area contributed by atoms with Crippen molar-refractivity contribution < 1.29 is 14.1 Å². The van der Waals surface area contributed by atoms with Crippen molar-refractivity contribution in [1.29, 1.82) is 0 Å². The van der Waals surface area contributed by atoms with E-state index in [0.717, 1.165) is 22.0 Å². The van der Waals surface area contributed by atoms with Crippen molar-refractivity contribution in [2.24, 2.45) is 0 Å². The number of benzene rings is 2. The van der Waals surface area contributed by atoms with E-state index in [9.17, 15) is 9.59 Å². The highest BCUT2D eigenvalue weighted by atomic mass is 32.2. The molecule has 2 aromatic heterocycles. The molecule has 0 radical (unpaired) electrons. The summed E-state index contributed by atoms with van der Waals surface area (Å²) in [5, 5.41) is 13.5. The molecule has 2 N–H and O–H groups in total. The first-order valence-corrected chi connectivity index (χ1v) is 11.5. The highest BCUT2D eigenvalue weighted by Crippen LogP contribution is 2.31. The van der Waals surface area contributed by atoms with Gasteiger partial charge in [0.2, 0.25) is 11.8 Å². The number of fused-ring (bicyclic) bond motifs is 1. The van der Waals surface area contributed by atoms with E-state index >= 15 is 0 Å². The molecule has 4 aromatic rings. The minimum atomic E-state index is -0.426. The van der Waals surface area contributed by atoms with E-state index < -0.39 is 5.25 Å². The van der Waals surface area contributed by atoms with Gasteiger partial charge in [-0.15, -0.1) is 23.1 Å². The summed E-state index contributed by atoms with van der Waals surface area (Å²) in [6.45, 7) is 3.48. The molecule has 0 saturated carbocycles. The summed E-state index contributed by atoms with van der Waals surface area (Å²) in [4.78, 5) is 29.1. The first kappa shape index (κ1) is 21.1. The lowest BCUT2D eigenvalue weighted by Crippen LogP contribution is -2.25. The van der Waals surface area contributed by atoms with Gasteiger partial charge in [-0.25, -0.2) is 4.98 Å². The number of amides is 2. The van der Waals surface area contributed by atoms with Gasteiger partial charge in [0.05, 0.1) is 16.7 Å². The Labute approximate surface area is 187 Å². The van der Waals surface area contributed by atoms with Crippen molar-refractivity contribution in [3.63, 3.8) is 0 Å². The van der Waals surface area contributed by atoms with Gasteiger partial charge in [0.1, 0.15) is 5.76 Å². The van der Waals surface area contributed by atoms with Crippen LogP contribution in [0.25, 0.3) is 22.0 Å². The fourth-order valence-electron chi connectivity index (χ4n) is 2.99. The Kier molecular flexibility index (Phi) is 6.34. The highest BCUT2D eigenvalue weighted by Gasteiger charge is 2.17. The predicted octanol–water partition coefficient (Wildman–Crippen LogP) is 4.96. The monoisotopic (exact) mass is 452 g/mol. The highest BCUT2D eigenvalue weighted by molar-refractivity contribution is 8.01. The first-order valence-electron chi connectivity index (χ1n) is 9.59. The second-order valence-corrected chi connectivity index (χ2v) is 9.07. The molecule has 1 unspecified atom stereocenters. The van der Waals surface area contributed by atoms with Crippen molar-refractivity contribution in [3.8, 4) is 11.3 Å². The van der Waals surface area contributed by atoms with Gasteiger partial charge < -0.3 is 15.2 Å². The van der Waals surface area contributed by atoms with Crippen LogP contribution in [0.15, 0.2) is 58.4 Å². The summed E-state index contributed by atoms with van der Waals surface area (Å²) >= 11 is 2.61. The Bertz CT molecular complexity index is 1230. The number of thiazole rings is 1. The summed E-state index contributed by atoms with van der Waals surface area (Å²) < 4.78 is 4.93. The van der Waals surface area contributed by atoms with Gasteiger partial charge in [-0.2, -0.15) is 0 Å². The minimum absolute atomic E-state index is 0.135. The van der Waals surface area contributed by atoms with E-state index in [1.807, 2.05) is 29.6 Å². The molecule has 0 bridgehead atoms. The third kappa shape index (κ3) is 5.12. The molecule has 0 aliphatic heterocycles. The zero-order chi connectivity index (χ0) is 21.8. The SMILES string of the molecule is Cc1cc(NC(=O)C(C)SCC(=O)Nc2nc(-c3cccc4ccccc34)cs2)no1. The van der Waals surface area contributed by atoms with Gasteiger partial charge in [0.15, 0.2) is 10.9 Å². The van der Waals surface area contributed by atoms with E-state index in [2.05, 4.69) is 39.0 Å². The third-order valence-electron chi connectivity index (χ3n) is 4.53. The lowest BCUT2D eigenvalue weighted by molar-refractivity contribution is -0.115. The summed E-state index contributed by atoms with van der Waals surface area (Å²) in [5.41, 5.74) is 1.85. The Morgan fingerprint density at radius 3 is 2.77 bits per heavy atom.